The maximum absolute atomic E-state index is 6.35. The Morgan fingerprint density at radius 1 is 1.00 bits per heavy atom. The normalized spacial score (nSPS) is 13.6. The van der Waals surface area contributed by atoms with Crippen LogP contribution in [0.4, 0.5) is 0 Å². The van der Waals surface area contributed by atoms with Gasteiger partial charge >= 0.3 is 0 Å². The van der Waals surface area contributed by atoms with E-state index in [4.69, 9.17) is 4.74 Å². The molecule has 0 aliphatic carbocycles. The van der Waals surface area contributed by atoms with Gasteiger partial charge in [-0.3, -0.25) is 0 Å². The molecule has 2 aromatic rings. The molecule has 0 heterocycles. The van der Waals surface area contributed by atoms with Crippen molar-refractivity contribution in [3.05, 3.63) is 65.7 Å². The van der Waals surface area contributed by atoms with Crippen molar-refractivity contribution < 1.29 is 4.74 Å². The summed E-state index contributed by atoms with van der Waals surface area (Å²) in [6, 6.07) is 18.8. The molecule has 0 saturated carbocycles. The minimum absolute atomic E-state index is 0.0317. The maximum Gasteiger partial charge on any atom is 0.136 e. The third-order valence-corrected chi connectivity index (χ3v) is 4.07. The lowest BCUT2D eigenvalue weighted by Crippen LogP contribution is -2.22. The van der Waals surface area contributed by atoms with Gasteiger partial charge in [-0.15, -0.1) is 0 Å². The molecule has 2 heteroatoms. The molecule has 1 N–H and O–H groups in total. The van der Waals surface area contributed by atoms with Gasteiger partial charge in [0.15, 0.2) is 0 Å². The summed E-state index contributed by atoms with van der Waals surface area (Å²) < 4.78 is 6.35. The van der Waals surface area contributed by atoms with E-state index in [-0.39, 0.29) is 6.10 Å². The molecule has 0 saturated heterocycles. The maximum atomic E-state index is 6.35. The first-order valence-corrected chi connectivity index (χ1v) is 8.18. The van der Waals surface area contributed by atoms with Crippen molar-refractivity contribution in [3.8, 4) is 5.75 Å². The van der Waals surface area contributed by atoms with Crippen LogP contribution in [-0.2, 0) is 6.42 Å². The molecule has 0 aliphatic rings. The summed E-state index contributed by atoms with van der Waals surface area (Å²) in [7, 11) is 1.96. The van der Waals surface area contributed by atoms with Crippen molar-refractivity contribution in [2.24, 2.45) is 5.92 Å². The molecule has 0 aliphatic heterocycles. The molecule has 0 radical (unpaired) electrons. The first kappa shape index (κ1) is 16.6. The molecule has 118 valence electrons. The van der Waals surface area contributed by atoms with Gasteiger partial charge < -0.3 is 10.1 Å². The molecule has 2 rings (SSSR count). The number of para-hydroxylation sites is 1. The SMILES string of the molecule is CCC(C)Cc1ccccc1OC(CNC)c1ccccc1. The number of nitrogens with one attached hydrogen (secondary N) is 1. The Balaban J connectivity index is 2.19. The summed E-state index contributed by atoms with van der Waals surface area (Å²) in [4.78, 5) is 0. The smallest absolute Gasteiger partial charge is 0.136 e. The third kappa shape index (κ3) is 4.60. The highest BCUT2D eigenvalue weighted by Crippen LogP contribution is 2.27. The molecule has 22 heavy (non-hydrogen) atoms. The van der Waals surface area contributed by atoms with E-state index in [0.29, 0.717) is 5.92 Å². The quantitative estimate of drug-likeness (QED) is 0.768. The van der Waals surface area contributed by atoms with E-state index in [9.17, 15) is 0 Å². The number of ether oxygens (including phenoxy) is 1. The third-order valence-electron chi connectivity index (χ3n) is 4.07. The van der Waals surface area contributed by atoms with Gasteiger partial charge in [0, 0.05) is 6.54 Å². The Morgan fingerprint density at radius 3 is 2.36 bits per heavy atom. The van der Waals surface area contributed by atoms with Gasteiger partial charge in [-0.25, -0.2) is 0 Å². The number of benzene rings is 2. The minimum Gasteiger partial charge on any atom is -0.484 e. The number of rotatable bonds is 8. The Morgan fingerprint density at radius 2 is 1.68 bits per heavy atom. The van der Waals surface area contributed by atoms with Crippen molar-refractivity contribution in [2.75, 3.05) is 13.6 Å². The largest absolute Gasteiger partial charge is 0.484 e. The second-order valence-corrected chi connectivity index (χ2v) is 5.90. The van der Waals surface area contributed by atoms with Gasteiger partial charge in [-0.2, -0.15) is 0 Å². The monoisotopic (exact) mass is 297 g/mol. The first-order valence-electron chi connectivity index (χ1n) is 8.18. The van der Waals surface area contributed by atoms with Gasteiger partial charge in [0.2, 0.25) is 0 Å². The van der Waals surface area contributed by atoms with Gasteiger partial charge in [-0.05, 0) is 36.6 Å². The molecular weight excluding hydrogens is 270 g/mol. The van der Waals surface area contributed by atoms with Crippen molar-refractivity contribution in [2.45, 2.75) is 32.8 Å². The fraction of sp³-hybridized carbons (Fsp3) is 0.400. The Bertz CT molecular complexity index is 553. The topological polar surface area (TPSA) is 21.3 Å². The summed E-state index contributed by atoms with van der Waals surface area (Å²) in [5.74, 6) is 1.68. The van der Waals surface area contributed by atoms with Crippen LogP contribution in [0.25, 0.3) is 0 Å². The van der Waals surface area contributed by atoms with E-state index < -0.39 is 0 Å². The average molecular weight is 297 g/mol. The van der Waals surface area contributed by atoms with Crippen LogP contribution in [0.2, 0.25) is 0 Å². The zero-order chi connectivity index (χ0) is 15.8. The highest BCUT2D eigenvalue weighted by Gasteiger charge is 2.15. The predicted molar refractivity (Wildman–Crippen MR) is 93.3 cm³/mol. The molecule has 0 fully saturated rings. The number of hydrogen-bond donors (Lipinski definition) is 1. The molecule has 0 bridgehead atoms. The zero-order valence-electron chi connectivity index (χ0n) is 13.9. The molecule has 0 spiro atoms. The Labute approximate surface area is 134 Å². The van der Waals surface area contributed by atoms with Crippen molar-refractivity contribution in [1.29, 1.82) is 0 Å². The summed E-state index contributed by atoms with van der Waals surface area (Å²) in [5.41, 5.74) is 2.50. The molecule has 2 nitrogen and oxygen atoms in total. The van der Waals surface area contributed by atoms with E-state index in [1.165, 1.54) is 17.5 Å². The van der Waals surface area contributed by atoms with Crippen LogP contribution < -0.4 is 10.1 Å². The van der Waals surface area contributed by atoms with Gasteiger partial charge in [0.1, 0.15) is 11.9 Å². The summed E-state index contributed by atoms with van der Waals surface area (Å²) in [6.07, 6.45) is 2.28. The highest BCUT2D eigenvalue weighted by molar-refractivity contribution is 5.34. The van der Waals surface area contributed by atoms with E-state index >= 15 is 0 Å². The first-order chi connectivity index (χ1) is 10.7. The van der Waals surface area contributed by atoms with Crippen molar-refractivity contribution in [1.82, 2.24) is 5.32 Å². The highest BCUT2D eigenvalue weighted by atomic mass is 16.5. The second-order valence-electron chi connectivity index (χ2n) is 5.90. The number of hydrogen-bond acceptors (Lipinski definition) is 2. The van der Waals surface area contributed by atoms with Gasteiger partial charge in [0.25, 0.3) is 0 Å². The molecule has 0 aromatic heterocycles. The van der Waals surface area contributed by atoms with E-state index in [1.807, 2.05) is 13.1 Å². The van der Waals surface area contributed by atoms with Crippen LogP contribution in [0, 0.1) is 5.92 Å². The fourth-order valence-electron chi connectivity index (χ4n) is 2.54. The number of likely N-dealkylation sites (N-methyl/N-ethyl adjacent to an activating group) is 1. The summed E-state index contributed by atoms with van der Waals surface area (Å²) >= 11 is 0. The molecular formula is C20H27NO. The van der Waals surface area contributed by atoms with Crippen LogP contribution in [-0.4, -0.2) is 13.6 Å². The lowest BCUT2D eigenvalue weighted by atomic mass is 9.98. The predicted octanol–water partition coefficient (Wildman–Crippen LogP) is 4.61. The van der Waals surface area contributed by atoms with Crippen LogP contribution >= 0.6 is 0 Å². The van der Waals surface area contributed by atoms with Crippen LogP contribution in [0.3, 0.4) is 0 Å². The lowest BCUT2D eigenvalue weighted by molar-refractivity contribution is 0.202. The standard InChI is InChI=1S/C20H27NO/c1-4-16(2)14-18-12-8-9-13-19(18)22-20(15-21-3)17-10-6-5-7-11-17/h5-13,16,20-21H,4,14-15H2,1-3H3. The Hall–Kier alpha value is -1.80. The van der Waals surface area contributed by atoms with Crippen molar-refractivity contribution >= 4 is 0 Å². The molecule has 2 unspecified atom stereocenters. The molecule has 0 amide bonds. The zero-order valence-corrected chi connectivity index (χ0v) is 13.9. The van der Waals surface area contributed by atoms with Crippen LogP contribution in [0.1, 0.15) is 37.5 Å². The van der Waals surface area contributed by atoms with E-state index in [1.54, 1.807) is 0 Å². The van der Waals surface area contributed by atoms with E-state index in [0.717, 1.165) is 18.7 Å². The summed E-state index contributed by atoms with van der Waals surface area (Å²) in [5, 5.41) is 3.23. The van der Waals surface area contributed by atoms with Crippen molar-refractivity contribution in [3.63, 3.8) is 0 Å². The van der Waals surface area contributed by atoms with Gasteiger partial charge in [-0.1, -0.05) is 68.8 Å². The van der Waals surface area contributed by atoms with Crippen LogP contribution in [0.15, 0.2) is 54.6 Å². The summed E-state index contributed by atoms with van der Waals surface area (Å²) in [6.45, 7) is 5.32. The minimum atomic E-state index is 0.0317. The van der Waals surface area contributed by atoms with E-state index in [2.05, 4.69) is 67.7 Å². The van der Waals surface area contributed by atoms with Gasteiger partial charge in [0.05, 0.1) is 0 Å². The molecule has 2 atom stereocenters. The fourth-order valence-corrected chi connectivity index (χ4v) is 2.54. The second kappa shape index (κ2) is 8.60. The Kier molecular flexibility index (Phi) is 6.47. The van der Waals surface area contributed by atoms with Crippen LogP contribution in [0.5, 0.6) is 5.75 Å². The molecule has 2 aromatic carbocycles. The average Bonchev–Trinajstić information content (AvgIpc) is 2.56. The lowest BCUT2D eigenvalue weighted by Gasteiger charge is -2.22.